The number of nitrogens with one attached hydrogen (secondary N) is 1. The van der Waals surface area contributed by atoms with Crippen LogP contribution in [0, 0.1) is 12.3 Å². The van der Waals surface area contributed by atoms with E-state index in [1.807, 2.05) is 11.3 Å². The molecule has 1 aliphatic rings. The van der Waals surface area contributed by atoms with E-state index in [1.165, 1.54) is 22.6 Å². The lowest BCUT2D eigenvalue weighted by Crippen LogP contribution is -2.23. The Hall–Kier alpha value is -0.820. The molecule has 3 heteroatoms. The SMILES string of the molecule is C#CCN(CCC)Cc1ccc(CNC2CC2)s1. The molecule has 1 heterocycles. The monoisotopic (exact) mass is 262 g/mol. The van der Waals surface area contributed by atoms with Crippen molar-refractivity contribution in [1.29, 1.82) is 0 Å². The second-order valence-corrected chi connectivity index (χ2v) is 6.19. The minimum atomic E-state index is 0.751. The number of hydrogen-bond acceptors (Lipinski definition) is 3. The number of rotatable bonds is 8. The van der Waals surface area contributed by atoms with Gasteiger partial charge in [0.1, 0.15) is 0 Å². The van der Waals surface area contributed by atoms with Crippen molar-refractivity contribution in [2.45, 2.75) is 45.3 Å². The Labute approximate surface area is 114 Å². The van der Waals surface area contributed by atoms with Gasteiger partial charge in [0.25, 0.3) is 0 Å². The minimum absolute atomic E-state index is 0.751. The zero-order chi connectivity index (χ0) is 12.8. The molecule has 0 radical (unpaired) electrons. The summed E-state index contributed by atoms with van der Waals surface area (Å²) in [5.41, 5.74) is 0. The second-order valence-electron chi connectivity index (χ2n) is 4.94. The molecule has 1 aromatic rings. The minimum Gasteiger partial charge on any atom is -0.309 e. The Morgan fingerprint density at radius 3 is 2.89 bits per heavy atom. The van der Waals surface area contributed by atoms with Gasteiger partial charge in [0.05, 0.1) is 6.54 Å². The van der Waals surface area contributed by atoms with E-state index in [-0.39, 0.29) is 0 Å². The highest BCUT2D eigenvalue weighted by Crippen LogP contribution is 2.22. The zero-order valence-electron chi connectivity index (χ0n) is 11.1. The highest BCUT2D eigenvalue weighted by Gasteiger charge is 2.20. The van der Waals surface area contributed by atoms with Gasteiger partial charge in [0.15, 0.2) is 0 Å². The fraction of sp³-hybridized carbons (Fsp3) is 0.600. The molecule has 1 aromatic heterocycles. The largest absolute Gasteiger partial charge is 0.309 e. The lowest BCUT2D eigenvalue weighted by atomic mass is 10.3. The lowest BCUT2D eigenvalue weighted by molar-refractivity contribution is 0.302. The molecule has 18 heavy (non-hydrogen) atoms. The van der Waals surface area contributed by atoms with Crippen molar-refractivity contribution in [2.24, 2.45) is 0 Å². The molecule has 0 atom stereocenters. The van der Waals surface area contributed by atoms with Gasteiger partial charge in [-0.25, -0.2) is 0 Å². The summed E-state index contributed by atoms with van der Waals surface area (Å²) in [6.45, 7) is 6.05. The topological polar surface area (TPSA) is 15.3 Å². The van der Waals surface area contributed by atoms with Gasteiger partial charge in [-0.2, -0.15) is 0 Å². The van der Waals surface area contributed by atoms with Crippen LogP contribution in [-0.4, -0.2) is 24.0 Å². The molecule has 0 aromatic carbocycles. The fourth-order valence-corrected chi connectivity index (χ4v) is 3.03. The van der Waals surface area contributed by atoms with E-state index in [9.17, 15) is 0 Å². The first kappa shape index (κ1) is 13.6. The maximum absolute atomic E-state index is 5.41. The van der Waals surface area contributed by atoms with Gasteiger partial charge in [-0.3, -0.25) is 4.90 Å². The number of thiophene rings is 1. The van der Waals surface area contributed by atoms with Crippen LogP contribution in [-0.2, 0) is 13.1 Å². The normalized spacial score (nSPS) is 14.9. The first-order valence-corrected chi connectivity index (χ1v) is 7.60. The summed E-state index contributed by atoms with van der Waals surface area (Å²) in [4.78, 5) is 5.20. The van der Waals surface area contributed by atoms with Gasteiger partial charge < -0.3 is 5.32 Å². The van der Waals surface area contributed by atoms with Crippen LogP contribution in [0.3, 0.4) is 0 Å². The van der Waals surface area contributed by atoms with E-state index in [0.29, 0.717) is 0 Å². The smallest absolute Gasteiger partial charge is 0.0602 e. The molecule has 0 saturated heterocycles. The summed E-state index contributed by atoms with van der Waals surface area (Å²) in [6, 6.07) is 5.27. The highest BCUT2D eigenvalue weighted by atomic mass is 32.1. The number of terminal acetylenes is 1. The van der Waals surface area contributed by atoms with Crippen molar-refractivity contribution in [1.82, 2.24) is 10.2 Å². The summed E-state index contributed by atoms with van der Waals surface area (Å²) in [7, 11) is 0. The predicted molar refractivity (Wildman–Crippen MR) is 78.6 cm³/mol. The van der Waals surface area contributed by atoms with Gasteiger partial charge in [0.2, 0.25) is 0 Å². The molecule has 1 N–H and O–H groups in total. The van der Waals surface area contributed by atoms with Crippen LogP contribution < -0.4 is 5.32 Å². The van der Waals surface area contributed by atoms with Crippen molar-refractivity contribution < 1.29 is 0 Å². The third kappa shape index (κ3) is 4.45. The molecule has 0 spiro atoms. The van der Waals surface area contributed by atoms with E-state index in [1.54, 1.807) is 0 Å². The van der Waals surface area contributed by atoms with Crippen molar-refractivity contribution >= 4 is 11.3 Å². The van der Waals surface area contributed by atoms with Crippen LogP contribution in [0.1, 0.15) is 35.9 Å². The summed E-state index contributed by atoms with van der Waals surface area (Å²) in [6.07, 6.45) is 9.27. The molecule has 2 nitrogen and oxygen atoms in total. The molecule has 1 aliphatic carbocycles. The molecule has 98 valence electrons. The van der Waals surface area contributed by atoms with Crippen LogP contribution in [0.15, 0.2) is 12.1 Å². The van der Waals surface area contributed by atoms with Crippen LogP contribution in [0.5, 0.6) is 0 Å². The Morgan fingerprint density at radius 2 is 2.22 bits per heavy atom. The van der Waals surface area contributed by atoms with Crippen molar-refractivity contribution in [3.63, 3.8) is 0 Å². The van der Waals surface area contributed by atoms with Crippen LogP contribution in [0.2, 0.25) is 0 Å². The summed E-state index contributed by atoms with van der Waals surface area (Å²) >= 11 is 1.91. The fourth-order valence-electron chi connectivity index (χ4n) is 2.01. The molecule has 0 amide bonds. The van der Waals surface area contributed by atoms with Crippen molar-refractivity contribution in [3.8, 4) is 12.3 Å². The zero-order valence-corrected chi connectivity index (χ0v) is 11.9. The maximum atomic E-state index is 5.41. The second kappa shape index (κ2) is 6.94. The lowest BCUT2D eigenvalue weighted by Gasteiger charge is -2.17. The Kier molecular flexibility index (Phi) is 5.25. The van der Waals surface area contributed by atoms with Gasteiger partial charge >= 0.3 is 0 Å². The first-order valence-electron chi connectivity index (χ1n) is 6.78. The number of hydrogen-bond donors (Lipinski definition) is 1. The van der Waals surface area contributed by atoms with E-state index < -0.39 is 0 Å². The third-order valence-electron chi connectivity index (χ3n) is 3.09. The predicted octanol–water partition coefficient (Wildman–Crippen LogP) is 2.85. The molecule has 0 bridgehead atoms. The molecule has 2 rings (SSSR count). The molecule has 0 aliphatic heterocycles. The average Bonchev–Trinajstić information content (AvgIpc) is 3.08. The Morgan fingerprint density at radius 1 is 1.44 bits per heavy atom. The van der Waals surface area contributed by atoms with Gasteiger partial charge in [0, 0.05) is 28.9 Å². The van der Waals surface area contributed by atoms with Gasteiger partial charge in [-0.1, -0.05) is 12.8 Å². The van der Waals surface area contributed by atoms with Crippen LogP contribution in [0.25, 0.3) is 0 Å². The quantitative estimate of drug-likeness (QED) is 0.725. The molecular weight excluding hydrogens is 240 g/mol. The van der Waals surface area contributed by atoms with Gasteiger partial charge in [-0.05, 0) is 37.9 Å². The van der Waals surface area contributed by atoms with E-state index in [2.05, 4.69) is 35.2 Å². The third-order valence-corrected chi connectivity index (χ3v) is 4.16. The molecule has 0 unspecified atom stereocenters. The highest BCUT2D eigenvalue weighted by molar-refractivity contribution is 7.11. The van der Waals surface area contributed by atoms with E-state index in [4.69, 9.17) is 6.42 Å². The van der Waals surface area contributed by atoms with Crippen LogP contribution >= 0.6 is 11.3 Å². The molecule has 1 fully saturated rings. The van der Waals surface area contributed by atoms with Crippen molar-refractivity contribution in [2.75, 3.05) is 13.1 Å². The first-order chi connectivity index (χ1) is 8.81. The standard InChI is InChI=1S/C15H22N2S/c1-3-9-17(10-4-2)12-15-8-7-14(18-15)11-16-13-5-6-13/h1,7-8,13,16H,4-6,9-12H2,2H3. The van der Waals surface area contributed by atoms with Gasteiger partial charge in [-0.15, -0.1) is 17.8 Å². The summed E-state index contributed by atoms with van der Waals surface area (Å²) < 4.78 is 0. The average molecular weight is 262 g/mol. The number of nitrogens with zero attached hydrogens (tertiary/aromatic N) is 1. The Bertz CT molecular complexity index is 401. The summed E-state index contributed by atoms with van der Waals surface area (Å²) in [5.74, 6) is 2.75. The Balaban J connectivity index is 1.81. The van der Waals surface area contributed by atoms with Crippen LogP contribution in [0.4, 0.5) is 0 Å². The van der Waals surface area contributed by atoms with E-state index in [0.717, 1.165) is 38.6 Å². The van der Waals surface area contributed by atoms with Crippen molar-refractivity contribution in [3.05, 3.63) is 21.9 Å². The maximum Gasteiger partial charge on any atom is 0.0602 e. The molecular formula is C15H22N2S. The molecule has 1 saturated carbocycles. The summed E-state index contributed by atoms with van der Waals surface area (Å²) in [5, 5.41) is 3.55. The van der Waals surface area contributed by atoms with E-state index >= 15 is 0 Å².